The number of hydrogen-bond donors (Lipinski definition) is 3. The van der Waals surface area contributed by atoms with Crippen LogP contribution in [0.5, 0.6) is 0 Å². The summed E-state index contributed by atoms with van der Waals surface area (Å²) < 4.78 is 0. The van der Waals surface area contributed by atoms with Gasteiger partial charge in [-0.3, -0.25) is 9.59 Å². The summed E-state index contributed by atoms with van der Waals surface area (Å²) in [6.07, 6.45) is 0. The standard InChI is InChI=1S/C22H17ClN2O4S/c23-14-5-3-6-15(11-14)24-20(26)13-30-17-8-4-7-16(12-17)25-21(27)18-9-1-2-10-19(18)22(28)29/h1-12H,13H2,(H,24,26)(H,25,27)(H,28,29). The maximum Gasteiger partial charge on any atom is 0.336 e. The Morgan fingerprint density at radius 2 is 1.50 bits per heavy atom. The van der Waals surface area contributed by atoms with Crippen molar-refractivity contribution in [1.82, 2.24) is 0 Å². The van der Waals surface area contributed by atoms with Crippen molar-refractivity contribution in [3.63, 3.8) is 0 Å². The highest BCUT2D eigenvalue weighted by atomic mass is 35.5. The number of carboxylic acid groups (broad SMARTS) is 1. The second-order valence-electron chi connectivity index (χ2n) is 6.18. The van der Waals surface area contributed by atoms with Crippen molar-refractivity contribution >= 4 is 52.5 Å². The van der Waals surface area contributed by atoms with Crippen LogP contribution in [0.25, 0.3) is 0 Å². The molecule has 3 aromatic rings. The lowest BCUT2D eigenvalue weighted by Crippen LogP contribution is -2.16. The topological polar surface area (TPSA) is 95.5 Å². The van der Waals surface area contributed by atoms with Gasteiger partial charge in [0, 0.05) is 21.3 Å². The van der Waals surface area contributed by atoms with Gasteiger partial charge >= 0.3 is 5.97 Å². The molecule has 152 valence electrons. The number of anilines is 2. The van der Waals surface area contributed by atoms with E-state index in [1.165, 1.54) is 23.9 Å². The first-order valence-corrected chi connectivity index (χ1v) is 10.2. The van der Waals surface area contributed by atoms with E-state index >= 15 is 0 Å². The summed E-state index contributed by atoms with van der Waals surface area (Å²) in [6.45, 7) is 0. The van der Waals surface area contributed by atoms with Gasteiger partial charge in [-0.25, -0.2) is 4.79 Å². The van der Waals surface area contributed by atoms with Crippen molar-refractivity contribution in [3.05, 3.63) is 88.9 Å². The molecule has 0 atom stereocenters. The summed E-state index contributed by atoms with van der Waals surface area (Å²) in [5.41, 5.74) is 1.12. The van der Waals surface area contributed by atoms with Gasteiger partial charge in [0.05, 0.1) is 16.9 Å². The number of benzene rings is 3. The average Bonchev–Trinajstić information content (AvgIpc) is 2.72. The van der Waals surface area contributed by atoms with Gasteiger partial charge in [-0.2, -0.15) is 0 Å². The molecule has 0 saturated heterocycles. The molecule has 0 unspecified atom stereocenters. The van der Waals surface area contributed by atoms with Gasteiger partial charge < -0.3 is 15.7 Å². The number of carbonyl (C=O) groups is 3. The molecule has 0 heterocycles. The van der Waals surface area contributed by atoms with Crippen LogP contribution in [0.1, 0.15) is 20.7 Å². The van der Waals surface area contributed by atoms with E-state index < -0.39 is 11.9 Å². The number of amides is 2. The second-order valence-corrected chi connectivity index (χ2v) is 7.67. The Morgan fingerprint density at radius 3 is 2.20 bits per heavy atom. The average molecular weight is 441 g/mol. The highest BCUT2D eigenvalue weighted by molar-refractivity contribution is 8.00. The SMILES string of the molecule is O=C(CSc1cccc(NC(=O)c2ccccc2C(=O)O)c1)Nc1cccc(Cl)c1. The van der Waals surface area contributed by atoms with Crippen LogP contribution in [0.2, 0.25) is 5.02 Å². The summed E-state index contributed by atoms with van der Waals surface area (Å²) >= 11 is 7.21. The summed E-state index contributed by atoms with van der Waals surface area (Å²) in [5.74, 6) is -1.71. The van der Waals surface area contributed by atoms with E-state index in [2.05, 4.69) is 10.6 Å². The lowest BCUT2D eigenvalue weighted by atomic mass is 10.1. The predicted molar refractivity (Wildman–Crippen MR) is 119 cm³/mol. The van der Waals surface area contributed by atoms with Crippen molar-refractivity contribution in [3.8, 4) is 0 Å². The van der Waals surface area contributed by atoms with Crippen LogP contribution in [0.15, 0.2) is 77.7 Å². The zero-order valence-corrected chi connectivity index (χ0v) is 17.2. The van der Waals surface area contributed by atoms with Crippen LogP contribution < -0.4 is 10.6 Å². The molecule has 8 heteroatoms. The van der Waals surface area contributed by atoms with E-state index in [0.717, 1.165) is 4.90 Å². The Balaban J connectivity index is 1.61. The van der Waals surface area contributed by atoms with Crippen LogP contribution in [-0.4, -0.2) is 28.6 Å². The molecule has 0 bridgehead atoms. The fraction of sp³-hybridized carbons (Fsp3) is 0.0455. The monoisotopic (exact) mass is 440 g/mol. The summed E-state index contributed by atoms with van der Waals surface area (Å²) in [7, 11) is 0. The lowest BCUT2D eigenvalue weighted by molar-refractivity contribution is -0.113. The minimum Gasteiger partial charge on any atom is -0.478 e. The van der Waals surface area contributed by atoms with E-state index in [1.807, 2.05) is 6.07 Å². The van der Waals surface area contributed by atoms with Crippen LogP contribution in [0.4, 0.5) is 11.4 Å². The highest BCUT2D eigenvalue weighted by Crippen LogP contribution is 2.23. The number of hydrogen-bond acceptors (Lipinski definition) is 4. The molecular formula is C22H17ClN2O4S. The molecule has 0 aliphatic rings. The molecular weight excluding hydrogens is 424 g/mol. The minimum absolute atomic E-state index is 0.0711. The summed E-state index contributed by atoms with van der Waals surface area (Å²) in [6, 6.07) is 19.9. The Bertz CT molecular complexity index is 1100. The van der Waals surface area contributed by atoms with Gasteiger partial charge in [0.15, 0.2) is 0 Å². The number of aromatic carboxylic acids is 1. The quantitative estimate of drug-likeness (QED) is 0.448. The Kier molecular flexibility index (Phi) is 7.11. The van der Waals surface area contributed by atoms with Gasteiger partial charge in [-0.05, 0) is 48.5 Å². The van der Waals surface area contributed by atoms with Crippen LogP contribution >= 0.6 is 23.4 Å². The van der Waals surface area contributed by atoms with Crippen molar-refractivity contribution < 1.29 is 19.5 Å². The van der Waals surface area contributed by atoms with E-state index in [1.54, 1.807) is 54.6 Å². The number of thioether (sulfide) groups is 1. The lowest BCUT2D eigenvalue weighted by Gasteiger charge is -2.09. The number of rotatable bonds is 7. The van der Waals surface area contributed by atoms with Crippen molar-refractivity contribution in [2.24, 2.45) is 0 Å². The molecule has 0 spiro atoms. The van der Waals surface area contributed by atoms with Crippen molar-refractivity contribution in [1.29, 1.82) is 0 Å². The smallest absolute Gasteiger partial charge is 0.336 e. The van der Waals surface area contributed by atoms with Gasteiger partial charge in [0.2, 0.25) is 5.91 Å². The third kappa shape index (κ3) is 5.85. The normalized spacial score (nSPS) is 10.3. The first kappa shape index (κ1) is 21.4. The largest absolute Gasteiger partial charge is 0.478 e. The zero-order valence-electron chi connectivity index (χ0n) is 15.6. The minimum atomic E-state index is -1.17. The number of carboxylic acids is 1. The Morgan fingerprint density at radius 1 is 0.833 bits per heavy atom. The van der Waals surface area contributed by atoms with Crippen LogP contribution in [0, 0.1) is 0 Å². The molecule has 0 fully saturated rings. The van der Waals surface area contributed by atoms with E-state index in [4.69, 9.17) is 11.6 Å². The molecule has 0 saturated carbocycles. The molecule has 0 aliphatic heterocycles. The van der Waals surface area contributed by atoms with Crippen LogP contribution in [0.3, 0.4) is 0 Å². The predicted octanol–water partition coefficient (Wildman–Crippen LogP) is 5.02. The van der Waals surface area contributed by atoms with Crippen molar-refractivity contribution in [2.75, 3.05) is 16.4 Å². The van der Waals surface area contributed by atoms with Crippen LogP contribution in [-0.2, 0) is 4.79 Å². The number of nitrogens with one attached hydrogen (secondary N) is 2. The van der Waals surface area contributed by atoms with E-state index in [0.29, 0.717) is 16.4 Å². The van der Waals surface area contributed by atoms with E-state index in [9.17, 15) is 19.5 Å². The van der Waals surface area contributed by atoms with Gasteiger partial charge in [0.1, 0.15) is 0 Å². The highest BCUT2D eigenvalue weighted by Gasteiger charge is 2.16. The van der Waals surface area contributed by atoms with Gasteiger partial charge in [-0.1, -0.05) is 35.9 Å². The van der Waals surface area contributed by atoms with E-state index in [-0.39, 0.29) is 22.8 Å². The van der Waals surface area contributed by atoms with Gasteiger partial charge in [-0.15, -0.1) is 11.8 Å². The zero-order chi connectivity index (χ0) is 21.5. The third-order valence-electron chi connectivity index (χ3n) is 3.97. The molecule has 0 aromatic heterocycles. The molecule has 6 nitrogen and oxygen atoms in total. The third-order valence-corrected chi connectivity index (χ3v) is 5.20. The molecule has 0 radical (unpaired) electrons. The fourth-order valence-corrected chi connectivity index (χ4v) is 3.59. The maximum atomic E-state index is 12.5. The molecule has 3 aromatic carbocycles. The molecule has 0 aliphatic carbocycles. The maximum absolute atomic E-state index is 12.5. The molecule has 30 heavy (non-hydrogen) atoms. The number of halogens is 1. The number of carbonyl (C=O) groups excluding carboxylic acids is 2. The molecule has 3 rings (SSSR count). The molecule has 2 amide bonds. The van der Waals surface area contributed by atoms with Crippen molar-refractivity contribution in [2.45, 2.75) is 4.90 Å². The first-order valence-electron chi connectivity index (χ1n) is 8.84. The summed E-state index contributed by atoms with van der Waals surface area (Å²) in [5, 5.41) is 15.2. The van der Waals surface area contributed by atoms with Gasteiger partial charge in [0.25, 0.3) is 5.91 Å². The fourth-order valence-electron chi connectivity index (χ4n) is 2.64. The summed E-state index contributed by atoms with van der Waals surface area (Å²) in [4.78, 5) is 36.7. The Hall–Kier alpha value is -3.29. The second kappa shape index (κ2) is 9.96. The Labute approximate surface area is 182 Å². The molecule has 3 N–H and O–H groups in total. The first-order chi connectivity index (χ1) is 14.4.